The lowest BCUT2D eigenvalue weighted by Gasteiger charge is -2.24. The molecule has 1 atom stereocenters. The smallest absolute Gasteiger partial charge is 0.296 e. The Hall–Kier alpha value is -3.93. The van der Waals surface area contributed by atoms with Crippen molar-refractivity contribution in [3.8, 4) is 5.75 Å². The van der Waals surface area contributed by atoms with Crippen LogP contribution in [0.15, 0.2) is 69.9 Å². The number of aryl methyl sites for hydroxylation is 2. The van der Waals surface area contributed by atoms with Crippen molar-refractivity contribution in [1.29, 1.82) is 0 Å². The molecule has 2 aromatic carbocycles. The van der Waals surface area contributed by atoms with Crippen molar-refractivity contribution in [2.45, 2.75) is 52.5 Å². The third kappa shape index (κ3) is 4.39. The summed E-state index contributed by atoms with van der Waals surface area (Å²) in [7, 11) is 0. The fraction of sp³-hybridized carbons (Fsp3) is 0.300. The average Bonchev–Trinajstić information content (AvgIpc) is 3.17. The molecule has 0 N–H and O–H groups in total. The predicted octanol–water partition coefficient (Wildman–Crippen LogP) is 6.51. The zero-order valence-electron chi connectivity index (χ0n) is 20.9. The third-order valence-corrected chi connectivity index (χ3v) is 6.61. The van der Waals surface area contributed by atoms with Gasteiger partial charge < -0.3 is 9.15 Å². The van der Waals surface area contributed by atoms with Crippen LogP contribution in [0.5, 0.6) is 5.75 Å². The van der Waals surface area contributed by atoms with Crippen molar-refractivity contribution in [2.75, 3.05) is 11.5 Å². The second-order valence-corrected chi connectivity index (χ2v) is 9.37. The Bertz CT molecular complexity index is 1470. The standard InChI is InChI=1S/C30H30N2O4/c1-4-5-6-7-17-35-22-14-12-21(13-15-22)27-26-28(33)23-18-19(2)11-16-24(23)36-29(26)30(34)32(27)25-10-8-9-20(3)31-25/h8-16,18,27H,4-7,17H2,1-3H3. The summed E-state index contributed by atoms with van der Waals surface area (Å²) in [5.74, 6) is 0.943. The molecule has 0 fully saturated rings. The second-order valence-electron chi connectivity index (χ2n) is 9.37. The minimum absolute atomic E-state index is 0.0703. The lowest BCUT2D eigenvalue weighted by Crippen LogP contribution is -2.30. The number of carbonyl (C=O) groups excluding carboxylic acids is 1. The number of fused-ring (bicyclic) bond motifs is 2. The van der Waals surface area contributed by atoms with Gasteiger partial charge in [0.2, 0.25) is 5.76 Å². The summed E-state index contributed by atoms with van der Waals surface area (Å²) in [5, 5.41) is 0.470. The van der Waals surface area contributed by atoms with Gasteiger partial charge in [0.15, 0.2) is 5.43 Å². The van der Waals surface area contributed by atoms with E-state index in [0.717, 1.165) is 35.4 Å². The van der Waals surface area contributed by atoms with Gasteiger partial charge in [0.25, 0.3) is 5.91 Å². The zero-order chi connectivity index (χ0) is 25.2. The molecule has 5 rings (SSSR count). The van der Waals surface area contributed by atoms with Gasteiger partial charge in [-0.1, -0.05) is 56.0 Å². The van der Waals surface area contributed by atoms with Crippen molar-refractivity contribution < 1.29 is 13.9 Å². The van der Waals surface area contributed by atoms with E-state index in [0.29, 0.717) is 29.0 Å². The number of hydrogen-bond donors (Lipinski definition) is 0. The zero-order valence-corrected chi connectivity index (χ0v) is 20.9. The van der Waals surface area contributed by atoms with Crippen molar-refractivity contribution >= 4 is 22.7 Å². The SMILES string of the molecule is CCCCCCOc1ccc(C2c3c(oc4ccc(C)cc4c3=O)C(=O)N2c2cccc(C)n2)cc1. The van der Waals surface area contributed by atoms with E-state index in [9.17, 15) is 9.59 Å². The highest BCUT2D eigenvalue weighted by molar-refractivity contribution is 6.10. The largest absolute Gasteiger partial charge is 0.494 e. The maximum Gasteiger partial charge on any atom is 0.296 e. The summed E-state index contributed by atoms with van der Waals surface area (Å²) in [5.41, 5.74) is 3.08. The molecule has 0 saturated heterocycles. The molecule has 6 heteroatoms. The number of unbranched alkanes of at least 4 members (excludes halogenated alkanes) is 3. The van der Waals surface area contributed by atoms with Crippen LogP contribution in [-0.4, -0.2) is 17.5 Å². The third-order valence-electron chi connectivity index (χ3n) is 6.61. The van der Waals surface area contributed by atoms with E-state index in [1.54, 1.807) is 17.0 Å². The van der Waals surface area contributed by atoms with Crippen LogP contribution < -0.4 is 15.1 Å². The van der Waals surface area contributed by atoms with Gasteiger partial charge in [-0.05, 0) is 62.2 Å². The van der Waals surface area contributed by atoms with Crippen molar-refractivity contribution in [2.24, 2.45) is 0 Å². The maximum atomic E-state index is 13.8. The molecule has 1 unspecified atom stereocenters. The first-order valence-electron chi connectivity index (χ1n) is 12.5. The molecule has 6 nitrogen and oxygen atoms in total. The van der Waals surface area contributed by atoms with Gasteiger partial charge in [0, 0.05) is 5.69 Å². The minimum Gasteiger partial charge on any atom is -0.494 e. The number of rotatable bonds is 8. The summed E-state index contributed by atoms with van der Waals surface area (Å²) < 4.78 is 12.0. The van der Waals surface area contributed by atoms with E-state index in [1.165, 1.54) is 12.8 Å². The molecular formula is C30H30N2O4. The molecule has 0 radical (unpaired) electrons. The van der Waals surface area contributed by atoms with Crippen LogP contribution in [0.3, 0.4) is 0 Å². The summed E-state index contributed by atoms with van der Waals surface area (Å²) in [4.78, 5) is 33.6. The molecule has 1 aliphatic heterocycles. The molecule has 36 heavy (non-hydrogen) atoms. The van der Waals surface area contributed by atoms with Gasteiger partial charge >= 0.3 is 0 Å². The summed E-state index contributed by atoms with van der Waals surface area (Å²) in [6.07, 6.45) is 4.56. The predicted molar refractivity (Wildman–Crippen MR) is 141 cm³/mol. The van der Waals surface area contributed by atoms with E-state index in [1.807, 2.05) is 62.4 Å². The highest BCUT2D eigenvalue weighted by atomic mass is 16.5. The van der Waals surface area contributed by atoms with E-state index in [-0.39, 0.29) is 17.1 Å². The normalized spacial score (nSPS) is 14.9. The number of nitrogens with zero attached hydrogens (tertiary/aromatic N) is 2. The molecule has 0 aliphatic carbocycles. The molecule has 1 amide bonds. The molecule has 0 bridgehead atoms. The van der Waals surface area contributed by atoms with Gasteiger partial charge in [0.1, 0.15) is 17.2 Å². The molecule has 0 spiro atoms. The number of carbonyl (C=O) groups is 1. The second kappa shape index (κ2) is 9.97. The molecule has 0 saturated carbocycles. The molecule has 3 heterocycles. The fourth-order valence-corrected chi connectivity index (χ4v) is 4.77. The van der Waals surface area contributed by atoms with E-state index >= 15 is 0 Å². The van der Waals surface area contributed by atoms with Crippen LogP contribution in [0.25, 0.3) is 11.0 Å². The number of amides is 1. The Morgan fingerprint density at radius 3 is 2.53 bits per heavy atom. The number of anilines is 1. The Labute approximate surface area is 210 Å². The number of aromatic nitrogens is 1. The van der Waals surface area contributed by atoms with Crippen LogP contribution in [0.1, 0.15) is 71.6 Å². The van der Waals surface area contributed by atoms with E-state index < -0.39 is 6.04 Å². The molecule has 184 valence electrons. The first kappa shape index (κ1) is 23.8. The summed E-state index contributed by atoms with van der Waals surface area (Å²) in [6.45, 7) is 6.65. The van der Waals surface area contributed by atoms with Crippen molar-refractivity contribution in [3.05, 3.63) is 99.0 Å². The van der Waals surface area contributed by atoms with Crippen molar-refractivity contribution in [1.82, 2.24) is 4.98 Å². The van der Waals surface area contributed by atoms with Gasteiger partial charge in [-0.3, -0.25) is 14.5 Å². The number of pyridine rings is 1. The van der Waals surface area contributed by atoms with Crippen LogP contribution in [0.4, 0.5) is 5.82 Å². The Kier molecular flexibility index (Phi) is 6.59. The average molecular weight is 483 g/mol. The number of hydrogen-bond acceptors (Lipinski definition) is 5. The van der Waals surface area contributed by atoms with Crippen LogP contribution in [-0.2, 0) is 0 Å². The first-order valence-corrected chi connectivity index (χ1v) is 12.5. The molecule has 1 aliphatic rings. The van der Waals surface area contributed by atoms with Gasteiger partial charge in [-0.25, -0.2) is 4.98 Å². The Morgan fingerprint density at radius 1 is 0.972 bits per heavy atom. The fourth-order valence-electron chi connectivity index (χ4n) is 4.77. The topological polar surface area (TPSA) is 72.6 Å². The Balaban J connectivity index is 1.58. The summed E-state index contributed by atoms with van der Waals surface area (Å²) >= 11 is 0. The minimum atomic E-state index is -0.651. The lowest BCUT2D eigenvalue weighted by molar-refractivity contribution is 0.0970. The summed E-state index contributed by atoms with van der Waals surface area (Å²) in [6, 6.07) is 17.9. The van der Waals surface area contributed by atoms with Crippen molar-refractivity contribution in [3.63, 3.8) is 0 Å². The highest BCUT2D eigenvalue weighted by Gasteiger charge is 2.44. The molecule has 2 aromatic heterocycles. The van der Waals surface area contributed by atoms with Crippen LogP contribution in [0, 0.1) is 13.8 Å². The van der Waals surface area contributed by atoms with Crippen LogP contribution in [0.2, 0.25) is 0 Å². The number of benzene rings is 2. The Morgan fingerprint density at radius 2 is 1.78 bits per heavy atom. The molecular weight excluding hydrogens is 452 g/mol. The number of ether oxygens (including phenoxy) is 1. The van der Waals surface area contributed by atoms with E-state index in [4.69, 9.17) is 9.15 Å². The first-order chi connectivity index (χ1) is 17.5. The van der Waals surface area contributed by atoms with Gasteiger partial charge in [0.05, 0.1) is 23.6 Å². The highest BCUT2D eigenvalue weighted by Crippen LogP contribution is 2.41. The van der Waals surface area contributed by atoms with Gasteiger partial charge in [-0.2, -0.15) is 0 Å². The monoisotopic (exact) mass is 482 g/mol. The van der Waals surface area contributed by atoms with Gasteiger partial charge in [-0.15, -0.1) is 0 Å². The van der Waals surface area contributed by atoms with E-state index in [2.05, 4.69) is 11.9 Å². The maximum absolute atomic E-state index is 13.8. The lowest BCUT2D eigenvalue weighted by atomic mass is 9.98. The quantitative estimate of drug-likeness (QED) is 0.268. The van der Waals surface area contributed by atoms with Crippen LogP contribution >= 0.6 is 0 Å². The molecule has 4 aromatic rings.